The Morgan fingerprint density at radius 1 is 0.356 bits per heavy atom. The van der Waals surface area contributed by atoms with Crippen molar-refractivity contribution in [2.75, 3.05) is 18.5 Å². The van der Waals surface area contributed by atoms with Crippen molar-refractivity contribution < 1.29 is 0 Å². The lowest BCUT2D eigenvalue weighted by Crippen LogP contribution is -2.41. The van der Waals surface area contributed by atoms with Crippen LogP contribution >= 0.6 is 69.0 Å². The molecule has 0 fully saturated rings. The molecule has 3 aliphatic rings. The minimum Gasteiger partial charge on any atom is -0.290 e. The van der Waals surface area contributed by atoms with Gasteiger partial charge in [-0.25, -0.2) is 0 Å². The third-order valence-electron chi connectivity index (χ3n) is 14.7. The summed E-state index contributed by atoms with van der Waals surface area (Å²) in [4.78, 5) is 2.56. The van der Waals surface area contributed by atoms with Crippen LogP contribution in [0.25, 0.3) is 0 Å². The van der Waals surface area contributed by atoms with Crippen molar-refractivity contribution >= 4 is 118 Å². The van der Waals surface area contributed by atoms with Gasteiger partial charge in [-0.3, -0.25) is 19.1 Å². The van der Waals surface area contributed by atoms with E-state index < -0.39 is 26.6 Å². The Bertz CT molecular complexity index is 3070. The average Bonchev–Trinajstić information content (AvgIpc) is 3.44. The first-order valence-electron chi connectivity index (χ1n) is 24.9. The number of fused-ring (bicyclic) bond motifs is 3. The van der Waals surface area contributed by atoms with Crippen molar-refractivity contribution in [3.05, 3.63) is 267 Å². The lowest BCUT2D eigenvalue weighted by molar-refractivity contribution is 0.246. The van der Waals surface area contributed by atoms with Crippen LogP contribution in [0, 0.1) is 5.41 Å². The number of nitrogens with zero attached hydrogens (tertiary/aromatic N) is 4. The second kappa shape index (κ2) is 21.7. The van der Waals surface area contributed by atoms with Crippen molar-refractivity contribution in [3.63, 3.8) is 0 Å². The zero-order valence-corrected chi connectivity index (χ0v) is 48.2. The van der Waals surface area contributed by atoms with Crippen LogP contribution in [0.2, 0.25) is 0 Å². The Hall–Kier alpha value is -4.93. The molecule has 0 atom stereocenters. The first-order valence-corrected chi connectivity index (χ1v) is 33.1. The Balaban J connectivity index is 1.38. The van der Waals surface area contributed by atoms with Crippen LogP contribution in [0.4, 0.5) is 17.1 Å². The molecular formula is C63H56Br3N4P3. The van der Waals surface area contributed by atoms with Crippen molar-refractivity contribution in [3.8, 4) is 0 Å². The van der Waals surface area contributed by atoms with Gasteiger partial charge in [-0.1, -0.05) is 237 Å². The summed E-state index contributed by atoms with van der Waals surface area (Å²) in [6.07, 6.45) is 3.21. The van der Waals surface area contributed by atoms with Crippen molar-refractivity contribution in [1.82, 2.24) is 4.90 Å². The highest BCUT2D eigenvalue weighted by Crippen LogP contribution is 2.66. The monoisotopic (exact) mass is 1200 g/mol. The third kappa shape index (κ3) is 10.3. The molecule has 0 saturated heterocycles. The van der Waals surface area contributed by atoms with E-state index in [0.29, 0.717) is 19.6 Å². The highest BCUT2D eigenvalue weighted by atomic mass is 79.9. The quantitative estimate of drug-likeness (QED) is 0.147. The third-order valence-corrected chi connectivity index (χ3v) is 29.0. The summed E-state index contributed by atoms with van der Waals surface area (Å²) >= 11 is 12.2. The van der Waals surface area contributed by atoms with Crippen LogP contribution in [-0.2, 0) is 19.6 Å². The van der Waals surface area contributed by atoms with Crippen LogP contribution in [0.15, 0.2) is 264 Å². The highest BCUT2D eigenvalue weighted by molar-refractivity contribution is 9.11. The Kier molecular flexibility index (Phi) is 15.0. The highest BCUT2D eigenvalue weighted by Gasteiger charge is 2.47. The summed E-state index contributed by atoms with van der Waals surface area (Å²) < 4.78 is 22.4. The molecule has 0 saturated carbocycles. The minimum absolute atomic E-state index is 0.464. The first kappa shape index (κ1) is 50.2. The maximum absolute atomic E-state index is 6.39. The lowest BCUT2D eigenvalue weighted by atomic mass is 9.92. The smallest absolute Gasteiger partial charge is 0.0625 e. The lowest BCUT2D eigenvalue weighted by Gasteiger charge is -2.46. The number of benzene rings is 9. The van der Waals surface area contributed by atoms with Gasteiger partial charge in [0.15, 0.2) is 0 Å². The molecule has 9 aromatic carbocycles. The van der Waals surface area contributed by atoms with Crippen molar-refractivity contribution in [1.29, 1.82) is 0 Å². The molecule has 0 N–H and O–H groups in total. The second-order valence-corrected chi connectivity index (χ2v) is 31.2. The molecule has 364 valence electrons. The summed E-state index contributed by atoms with van der Waals surface area (Å²) in [5, 5.41) is 7.60. The molecule has 0 amide bonds. The van der Waals surface area contributed by atoms with Gasteiger partial charge in [-0.15, -0.1) is 0 Å². The normalized spacial score (nSPS) is 19.0. The van der Waals surface area contributed by atoms with E-state index in [2.05, 4.69) is 296 Å². The van der Waals surface area contributed by atoms with Gasteiger partial charge in [0.25, 0.3) is 0 Å². The Labute approximate surface area is 456 Å². The van der Waals surface area contributed by atoms with E-state index in [1.807, 2.05) is 0 Å². The molecule has 0 radical (unpaired) electrons. The predicted octanol–water partition coefficient (Wildman–Crippen LogP) is 17.1. The van der Waals surface area contributed by atoms with E-state index >= 15 is 0 Å². The average molecular weight is 1200 g/mol. The molecule has 9 aromatic rings. The summed E-state index contributed by atoms with van der Waals surface area (Å²) in [7, 11) is -8.36. The van der Waals surface area contributed by atoms with E-state index in [1.165, 1.54) is 48.5 Å². The molecule has 3 heterocycles. The van der Waals surface area contributed by atoms with Crippen LogP contribution in [0.1, 0.15) is 30.0 Å². The Morgan fingerprint density at radius 3 is 0.808 bits per heavy atom. The maximum Gasteiger partial charge on any atom is 0.0625 e. The van der Waals surface area contributed by atoms with Crippen molar-refractivity contribution in [2.45, 2.75) is 33.0 Å². The second-order valence-electron chi connectivity index (χ2n) is 19.4. The van der Waals surface area contributed by atoms with Gasteiger partial charge in [-0.2, -0.15) is 0 Å². The molecule has 0 spiro atoms. The van der Waals surface area contributed by atoms with Crippen LogP contribution < -0.4 is 31.8 Å². The molecule has 4 nitrogen and oxygen atoms in total. The van der Waals surface area contributed by atoms with Crippen LogP contribution in [-0.4, -0.2) is 23.4 Å². The summed E-state index contributed by atoms with van der Waals surface area (Å²) in [6, 6.07) is 88.3. The summed E-state index contributed by atoms with van der Waals surface area (Å²) in [6.45, 7) is 4.46. The fourth-order valence-electron chi connectivity index (χ4n) is 11.2. The molecule has 3 aliphatic heterocycles. The molecule has 0 unspecified atom stereocenters. The molecule has 12 rings (SSSR count). The topological polar surface area (TPSA) is 40.3 Å². The molecular weight excluding hydrogens is 1150 g/mol. The van der Waals surface area contributed by atoms with Gasteiger partial charge in [0.1, 0.15) is 0 Å². The van der Waals surface area contributed by atoms with E-state index in [1.54, 1.807) is 0 Å². The predicted molar refractivity (Wildman–Crippen MR) is 326 cm³/mol. The van der Waals surface area contributed by atoms with Gasteiger partial charge in [0, 0.05) is 54.2 Å². The van der Waals surface area contributed by atoms with Gasteiger partial charge >= 0.3 is 0 Å². The molecule has 8 bridgehead atoms. The van der Waals surface area contributed by atoms with Crippen LogP contribution in [0.3, 0.4) is 0 Å². The molecule has 0 aliphatic carbocycles. The number of hydrogen-bond acceptors (Lipinski definition) is 4. The largest absolute Gasteiger partial charge is 0.290 e. The number of rotatable bonds is 7. The van der Waals surface area contributed by atoms with E-state index in [4.69, 9.17) is 14.2 Å². The fraction of sp³-hybridized carbons (Fsp3) is 0.143. The fourth-order valence-corrected chi connectivity index (χ4v) is 25.5. The first-order chi connectivity index (χ1) is 35.7. The van der Waals surface area contributed by atoms with Gasteiger partial charge < -0.3 is 0 Å². The Morgan fingerprint density at radius 2 is 0.589 bits per heavy atom. The number of halogens is 3. The zero-order chi connectivity index (χ0) is 49.9. The maximum atomic E-state index is 6.39. The van der Waals surface area contributed by atoms with Gasteiger partial charge in [-0.05, 0) is 133 Å². The van der Waals surface area contributed by atoms with E-state index in [9.17, 15) is 0 Å². The van der Waals surface area contributed by atoms with Gasteiger partial charge in [0.2, 0.25) is 0 Å². The number of hydrogen-bond donors (Lipinski definition) is 0. The standard InChI is InChI=1S/C63H56Br3N4P3/c1-2-63-45-71(54-21-9-3-10-22-54,55-23-11-4-12-24-55)67-51-33-36-60(64)48(39-51)42-70(43-49-40-52(34-37-61(49)65)68-72(46-63,56-25-13-5-14-26-56)57-27-15-6-16-28-57)44-50-41-53(35-38-62(50)66)69-73(47-63,58-29-17-7-18-30-58)59-31-19-8-20-32-59/h3-41H,2,42-47H2,1H3. The van der Waals surface area contributed by atoms with Gasteiger partial charge in [0.05, 0.1) is 17.1 Å². The van der Waals surface area contributed by atoms with Crippen molar-refractivity contribution in [2.24, 2.45) is 19.6 Å². The summed E-state index contributed by atoms with van der Waals surface area (Å²) in [5.74, 6) is 0. The molecule has 0 aromatic heterocycles. The molecule has 10 heteroatoms. The molecule has 73 heavy (non-hydrogen) atoms. The SMILES string of the molecule is CCC12CP(c3ccccc3)(c3ccccc3)=Nc3ccc(Br)c(c3)CN(Cc3cc(ccc3Br)N=P(c3ccccc3)(c3ccccc3)C1)Cc1cc(ccc1Br)N=P(c1ccccc1)(c1ccccc1)C2. The zero-order valence-electron chi connectivity index (χ0n) is 40.7. The summed E-state index contributed by atoms with van der Waals surface area (Å²) in [5.41, 5.74) is 6.06. The van der Waals surface area contributed by atoms with E-state index in [-0.39, 0.29) is 0 Å². The van der Waals surface area contributed by atoms with Crippen LogP contribution in [0.5, 0.6) is 0 Å². The van der Waals surface area contributed by atoms with E-state index in [0.717, 1.165) is 55.4 Å². The minimum atomic E-state index is -2.79.